The first-order valence-electron chi connectivity index (χ1n) is 6.97. The van der Waals surface area contributed by atoms with E-state index in [1.807, 2.05) is 18.7 Å². The molecule has 0 spiro atoms. The Hall–Kier alpha value is -1.53. The molecule has 1 aromatic rings. The van der Waals surface area contributed by atoms with E-state index in [1.54, 1.807) is 0 Å². The van der Waals surface area contributed by atoms with Gasteiger partial charge in [-0.1, -0.05) is 19.9 Å². The molecule has 0 heterocycles. The highest BCUT2D eigenvalue weighted by atomic mass is 19.1. The van der Waals surface area contributed by atoms with Crippen LogP contribution in [0.2, 0.25) is 0 Å². The van der Waals surface area contributed by atoms with Crippen LogP contribution in [0, 0.1) is 11.6 Å². The lowest BCUT2D eigenvalue weighted by atomic mass is 9.95. The Balaban J connectivity index is 2.66. The number of hydrogen-bond donors (Lipinski definition) is 2. The molecule has 1 atom stereocenters. The molecule has 118 valence electrons. The van der Waals surface area contributed by atoms with Crippen molar-refractivity contribution in [2.24, 2.45) is 0 Å². The van der Waals surface area contributed by atoms with Gasteiger partial charge in [0.2, 0.25) is 5.91 Å². The Morgan fingerprint density at radius 3 is 2.48 bits per heavy atom. The number of nitrogens with one attached hydrogen (secondary N) is 1. The Bertz CT molecular complexity index is 489. The van der Waals surface area contributed by atoms with Crippen molar-refractivity contribution in [2.45, 2.75) is 26.4 Å². The molecule has 0 aromatic heterocycles. The molecule has 0 saturated heterocycles. The summed E-state index contributed by atoms with van der Waals surface area (Å²) in [5.41, 5.74) is -1.65. The normalized spacial score (nSPS) is 14.0. The van der Waals surface area contributed by atoms with Crippen LogP contribution in [0.5, 0.6) is 0 Å². The van der Waals surface area contributed by atoms with Crippen LogP contribution in [0.15, 0.2) is 18.2 Å². The van der Waals surface area contributed by atoms with Crippen molar-refractivity contribution in [3.63, 3.8) is 0 Å². The van der Waals surface area contributed by atoms with E-state index in [4.69, 9.17) is 0 Å². The number of hydrogen-bond acceptors (Lipinski definition) is 3. The van der Waals surface area contributed by atoms with E-state index in [9.17, 15) is 18.7 Å². The molecule has 0 aliphatic heterocycles. The van der Waals surface area contributed by atoms with E-state index in [1.165, 1.54) is 13.0 Å². The molecule has 0 radical (unpaired) electrons. The maximum absolute atomic E-state index is 13.7. The second kappa shape index (κ2) is 7.47. The largest absolute Gasteiger partial charge is 0.383 e. The number of aliphatic hydroxyl groups is 1. The molecule has 6 heteroatoms. The summed E-state index contributed by atoms with van der Waals surface area (Å²) in [6.07, 6.45) is 0. The Labute approximate surface area is 123 Å². The molecule has 1 rings (SSSR count). The van der Waals surface area contributed by atoms with Crippen LogP contribution in [0.3, 0.4) is 0 Å². The van der Waals surface area contributed by atoms with Crippen molar-refractivity contribution >= 4 is 5.91 Å². The highest BCUT2D eigenvalue weighted by Crippen LogP contribution is 2.23. The van der Waals surface area contributed by atoms with Crippen LogP contribution in [-0.4, -0.2) is 42.1 Å². The van der Waals surface area contributed by atoms with E-state index >= 15 is 0 Å². The van der Waals surface area contributed by atoms with Crippen LogP contribution in [0.1, 0.15) is 26.3 Å². The summed E-state index contributed by atoms with van der Waals surface area (Å²) in [5, 5.41) is 12.8. The fourth-order valence-electron chi connectivity index (χ4n) is 2.00. The van der Waals surface area contributed by atoms with Gasteiger partial charge in [0.05, 0.1) is 13.1 Å². The zero-order valence-corrected chi connectivity index (χ0v) is 12.6. The molecule has 0 bridgehead atoms. The average Bonchev–Trinajstić information content (AvgIpc) is 2.42. The van der Waals surface area contributed by atoms with Crippen LogP contribution in [0.4, 0.5) is 8.78 Å². The maximum atomic E-state index is 13.7. The second-order valence-electron chi connectivity index (χ2n) is 5.14. The van der Waals surface area contributed by atoms with Gasteiger partial charge >= 0.3 is 0 Å². The summed E-state index contributed by atoms with van der Waals surface area (Å²) in [5.74, 6) is -1.79. The van der Waals surface area contributed by atoms with Gasteiger partial charge in [-0.15, -0.1) is 0 Å². The highest BCUT2D eigenvalue weighted by molar-refractivity contribution is 5.78. The SMILES string of the molecule is CCN(CC)CC(=O)NCC(C)(O)c1ccc(F)cc1F. The number of carbonyl (C=O) groups is 1. The summed E-state index contributed by atoms with van der Waals surface area (Å²) in [4.78, 5) is 13.7. The average molecular weight is 300 g/mol. The van der Waals surface area contributed by atoms with E-state index in [0.29, 0.717) is 6.07 Å². The molecule has 21 heavy (non-hydrogen) atoms. The van der Waals surface area contributed by atoms with Crippen LogP contribution >= 0.6 is 0 Å². The molecular formula is C15H22F2N2O2. The van der Waals surface area contributed by atoms with Gasteiger partial charge in [0, 0.05) is 11.6 Å². The number of benzene rings is 1. The van der Waals surface area contributed by atoms with Gasteiger partial charge in [-0.3, -0.25) is 9.69 Å². The molecule has 0 aliphatic carbocycles. The number of rotatable bonds is 7. The van der Waals surface area contributed by atoms with Crippen molar-refractivity contribution in [2.75, 3.05) is 26.2 Å². The van der Waals surface area contributed by atoms with E-state index in [0.717, 1.165) is 19.2 Å². The minimum Gasteiger partial charge on any atom is -0.383 e. The van der Waals surface area contributed by atoms with Gasteiger partial charge in [-0.2, -0.15) is 0 Å². The molecule has 1 amide bonds. The van der Waals surface area contributed by atoms with Gasteiger partial charge in [-0.05, 0) is 26.1 Å². The third kappa shape index (κ3) is 5.06. The van der Waals surface area contributed by atoms with Gasteiger partial charge in [0.1, 0.15) is 17.2 Å². The van der Waals surface area contributed by atoms with Crippen molar-refractivity contribution in [1.29, 1.82) is 0 Å². The second-order valence-corrected chi connectivity index (χ2v) is 5.14. The third-order valence-corrected chi connectivity index (χ3v) is 3.40. The smallest absolute Gasteiger partial charge is 0.234 e. The monoisotopic (exact) mass is 300 g/mol. The number of amides is 1. The van der Waals surface area contributed by atoms with Crippen molar-refractivity contribution in [3.8, 4) is 0 Å². The maximum Gasteiger partial charge on any atom is 0.234 e. The Kier molecular flexibility index (Phi) is 6.23. The zero-order valence-electron chi connectivity index (χ0n) is 12.6. The molecule has 2 N–H and O–H groups in total. The lowest BCUT2D eigenvalue weighted by Crippen LogP contribution is -2.43. The van der Waals surface area contributed by atoms with Crippen molar-refractivity contribution in [1.82, 2.24) is 10.2 Å². The molecule has 4 nitrogen and oxygen atoms in total. The minimum absolute atomic E-state index is 0.0490. The van der Waals surface area contributed by atoms with Crippen molar-refractivity contribution in [3.05, 3.63) is 35.4 Å². The van der Waals surface area contributed by atoms with Crippen molar-refractivity contribution < 1.29 is 18.7 Å². The summed E-state index contributed by atoms with van der Waals surface area (Å²) >= 11 is 0. The van der Waals surface area contributed by atoms with Gasteiger partial charge in [0.25, 0.3) is 0 Å². The standard InChI is InChI=1S/C15H22F2N2O2/c1-4-19(5-2)9-14(20)18-10-15(3,21)12-7-6-11(16)8-13(12)17/h6-8,21H,4-5,9-10H2,1-3H3,(H,18,20). The number of carbonyl (C=O) groups excluding carboxylic acids is 1. The van der Waals surface area contributed by atoms with E-state index < -0.39 is 17.2 Å². The number of nitrogens with zero attached hydrogens (tertiary/aromatic N) is 1. The van der Waals surface area contributed by atoms with Gasteiger partial charge in [0.15, 0.2) is 0 Å². The third-order valence-electron chi connectivity index (χ3n) is 3.40. The molecular weight excluding hydrogens is 278 g/mol. The van der Waals surface area contributed by atoms with E-state index in [2.05, 4.69) is 5.32 Å². The quantitative estimate of drug-likeness (QED) is 0.805. The minimum atomic E-state index is -1.60. The number of likely N-dealkylation sites (N-methyl/N-ethyl adjacent to an activating group) is 1. The van der Waals surface area contributed by atoms with Crippen LogP contribution in [0.25, 0.3) is 0 Å². The molecule has 0 aliphatic rings. The first-order chi connectivity index (χ1) is 9.80. The fourth-order valence-corrected chi connectivity index (χ4v) is 2.00. The predicted octanol–water partition coefficient (Wildman–Crippen LogP) is 1.63. The summed E-state index contributed by atoms with van der Waals surface area (Å²) in [7, 11) is 0. The molecule has 0 fully saturated rings. The lowest BCUT2D eigenvalue weighted by Gasteiger charge is -2.25. The predicted molar refractivity (Wildman–Crippen MR) is 76.7 cm³/mol. The fraction of sp³-hybridized carbons (Fsp3) is 0.533. The number of halogens is 2. The summed E-state index contributed by atoms with van der Waals surface area (Å²) in [6, 6.07) is 2.97. The highest BCUT2D eigenvalue weighted by Gasteiger charge is 2.27. The first-order valence-corrected chi connectivity index (χ1v) is 6.97. The van der Waals surface area contributed by atoms with Gasteiger partial charge in [-0.25, -0.2) is 8.78 Å². The Morgan fingerprint density at radius 2 is 1.95 bits per heavy atom. The lowest BCUT2D eigenvalue weighted by molar-refractivity contribution is -0.123. The van der Waals surface area contributed by atoms with Gasteiger partial charge < -0.3 is 10.4 Å². The summed E-state index contributed by atoms with van der Waals surface area (Å²) in [6.45, 7) is 6.83. The first kappa shape index (κ1) is 17.5. The van der Waals surface area contributed by atoms with Crippen LogP contribution in [-0.2, 0) is 10.4 Å². The zero-order chi connectivity index (χ0) is 16.0. The summed E-state index contributed by atoms with van der Waals surface area (Å²) < 4.78 is 26.5. The van der Waals surface area contributed by atoms with E-state index in [-0.39, 0.29) is 24.6 Å². The van der Waals surface area contributed by atoms with Crippen LogP contribution < -0.4 is 5.32 Å². The molecule has 1 unspecified atom stereocenters. The molecule has 0 saturated carbocycles. The molecule has 1 aromatic carbocycles. The topological polar surface area (TPSA) is 52.6 Å². The Morgan fingerprint density at radius 1 is 1.33 bits per heavy atom.